The minimum atomic E-state index is -0.115. The normalized spacial score (nSPS) is 19.8. The number of hydrogen-bond donors (Lipinski definition) is 1. The summed E-state index contributed by atoms with van der Waals surface area (Å²) in [5.41, 5.74) is 7.90. The number of anilines is 1. The van der Waals surface area contributed by atoms with Gasteiger partial charge >= 0.3 is 0 Å². The SMILES string of the molecule is CCN=C(c1ccc(OC)c(OC)c1)N1CCC(C)(C)c2cc(C3=NNC(=O)SC3C)ccc21. The Morgan fingerprint density at radius 3 is 2.65 bits per heavy atom. The fraction of sp³-hybridized carbons (Fsp3) is 0.423. The predicted octanol–water partition coefficient (Wildman–Crippen LogP) is 5.21. The van der Waals surface area contributed by atoms with Gasteiger partial charge in [-0.15, -0.1) is 0 Å². The van der Waals surface area contributed by atoms with Crippen LogP contribution in [0.2, 0.25) is 0 Å². The number of amidine groups is 1. The largest absolute Gasteiger partial charge is 0.493 e. The Labute approximate surface area is 205 Å². The lowest BCUT2D eigenvalue weighted by molar-refractivity contribution is 0.261. The Balaban J connectivity index is 1.79. The maximum atomic E-state index is 11.7. The van der Waals surface area contributed by atoms with Crippen LogP contribution in [0.25, 0.3) is 0 Å². The Bertz CT molecular complexity index is 1160. The maximum absolute atomic E-state index is 11.7. The first kappa shape index (κ1) is 24.1. The zero-order valence-corrected chi connectivity index (χ0v) is 21.5. The fourth-order valence-corrected chi connectivity index (χ4v) is 5.26. The lowest BCUT2D eigenvalue weighted by atomic mass is 9.76. The van der Waals surface area contributed by atoms with Crippen molar-refractivity contribution in [3.63, 3.8) is 0 Å². The quantitative estimate of drug-likeness (QED) is 0.470. The number of thioether (sulfide) groups is 1. The molecule has 0 aromatic heterocycles. The van der Waals surface area contributed by atoms with E-state index in [4.69, 9.17) is 14.5 Å². The van der Waals surface area contributed by atoms with Gasteiger partial charge in [0.15, 0.2) is 11.5 Å². The Morgan fingerprint density at radius 2 is 1.97 bits per heavy atom. The number of aliphatic imine (C=N–C) groups is 1. The highest BCUT2D eigenvalue weighted by Crippen LogP contribution is 2.42. The van der Waals surface area contributed by atoms with E-state index in [9.17, 15) is 4.79 Å². The Kier molecular flexibility index (Phi) is 6.89. The highest BCUT2D eigenvalue weighted by atomic mass is 32.2. The molecule has 0 radical (unpaired) electrons. The molecule has 0 saturated carbocycles. The minimum Gasteiger partial charge on any atom is -0.493 e. The monoisotopic (exact) mass is 480 g/mol. The molecule has 0 spiro atoms. The second-order valence-corrected chi connectivity index (χ2v) is 10.4. The molecule has 34 heavy (non-hydrogen) atoms. The number of rotatable bonds is 5. The Morgan fingerprint density at radius 1 is 1.21 bits per heavy atom. The summed E-state index contributed by atoms with van der Waals surface area (Å²) in [6, 6.07) is 12.4. The number of methoxy groups -OCH3 is 2. The van der Waals surface area contributed by atoms with Crippen LogP contribution in [0, 0.1) is 0 Å². The van der Waals surface area contributed by atoms with E-state index in [1.165, 1.54) is 17.3 Å². The fourth-order valence-electron chi connectivity index (χ4n) is 4.54. The van der Waals surface area contributed by atoms with E-state index in [-0.39, 0.29) is 15.9 Å². The van der Waals surface area contributed by atoms with Crippen molar-refractivity contribution >= 4 is 34.2 Å². The van der Waals surface area contributed by atoms with E-state index in [2.05, 4.69) is 47.5 Å². The molecular weight excluding hydrogens is 448 g/mol. The van der Waals surface area contributed by atoms with Gasteiger partial charge in [0.25, 0.3) is 5.24 Å². The van der Waals surface area contributed by atoms with Crippen LogP contribution in [0.15, 0.2) is 46.5 Å². The van der Waals surface area contributed by atoms with Crippen molar-refractivity contribution in [2.75, 3.05) is 32.2 Å². The average molecular weight is 481 g/mol. The first-order chi connectivity index (χ1) is 16.3. The molecule has 1 unspecified atom stereocenters. The predicted molar refractivity (Wildman–Crippen MR) is 140 cm³/mol. The molecule has 2 heterocycles. The molecule has 4 rings (SSSR count). The molecule has 2 aromatic carbocycles. The summed E-state index contributed by atoms with van der Waals surface area (Å²) in [6.07, 6.45) is 0.979. The third kappa shape index (κ3) is 4.51. The van der Waals surface area contributed by atoms with Gasteiger partial charge < -0.3 is 14.4 Å². The third-order valence-corrected chi connectivity index (χ3v) is 7.30. The van der Waals surface area contributed by atoms with Crippen LogP contribution >= 0.6 is 11.8 Å². The van der Waals surface area contributed by atoms with E-state index < -0.39 is 0 Å². The number of fused-ring (bicyclic) bond motifs is 1. The van der Waals surface area contributed by atoms with Gasteiger partial charge in [0.05, 0.1) is 25.2 Å². The van der Waals surface area contributed by atoms with E-state index in [0.29, 0.717) is 18.0 Å². The molecule has 8 heteroatoms. The van der Waals surface area contributed by atoms with Crippen LogP contribution in [0.5, 0.6) is 11.5 Å². The topological polar surface area (TPSA) is 75.5 Å². The van der Waals surface area contributed by atoms with E-state index in [1.54, 1.807) is 14.2 Å². The molecule has 1 N–H and O–H groups in total. The van der Waals surface area contributed by atoms with Crippen molar-refractivity contribution in [1.29, 1.82) is 0 Å². The highest BCUT2D eigenvalue weighted by molar-refractivity contribution is 8.14. The number of amides is 1. The van der Waals surface area contributed by atoms with Crippen LogP contribution in [-0.2, 0) is 5.41 Å². The van der Waals surface area contributed by atoms with Gasteiger partial charge in [-0.25, -0.2) is 5.43 Å². The number of carbonyl (C=O) groups is 1. The second-order valence-electron chi connectivity index (χ2n) is 9.04. The number of nitrogens with zero attached hydrogens (tertiary/aromatic N) is 3. The molecule has 0 saturated heterocycles. The van der Waals surface area contributed by atoms with Crippen LogP contribution in [0.1, 0.15) is 50.8 Å². The molecule has 180 valence electrons. The highest BCUT2D eigenvalue weighted by Gasteiger charge is 2.34. The van der Waals surface area contributed by atoms with Gasteiger partial charge in [0.1, 0.15) is 5.84 Å². The first-order valence-electron chi connectivity index (χ1n) is 11.5. The van der Waals surface area contributed by atoms with Crippen LogP contribution in [0.3, 0.4) is 0 Å². The van der Waals surface area contributed by atoms with Crippen molar-refractivity contribution in [3.05, 3.63) is 53.1 Å². The van der Waals surface area contributed by atoms with Gasteiger partial charge in [0.2, 0.25) is 0 Å². The molecule has 7 nitrogen and oxygen atoms in total. The molecule has 1 amide bonds. The van der Waals surface area contributed by atoms with Crippen molar-refractivity contribution < 1.29 is 14.3 Å². The molecule has 2 aliphatic heterocycles. The number of nitrogens with one attached hydrogen (secondary N) is 1. The van der Waals surface area contributed by atoms with Gasteiger partial charge in [-0.1, -0.05) is 31.7 Å². The number of benzene rings is 2. The van der Waals surface area contributed by atoms with Gasteiger partial charge in [-0.2, -0.15) is 5.10 Å². The van der Waals surface area contributed by atoms with Crippen LogP contribution < -0.4 is 19.8 Å². The van der Waals surface area contributed by atoms with Crippen LogP contribution in [-0.4, -0.2) is 49.3 Å². The molecule has 0 bridgehead atoms. The summed E-state index contributed by atoms with van der Waals surface area (Å²) in [4.78, 5) is 18.9. The van der Waals surface area contributed by atoms with Crippen molar-refractivity contribution in [1.82, 2.24) is 5.43 Å². The lowest BCUT2D eigenvalue weighted by Gasteiger charge is -2.41. The van der Waals surface area contributed by atoms with Crippen molar-refractivity contribution in [2.45, 2.75) is 44.8 Å². The van der Waals surface area contributed by atoms with E-state index >= 15 is 0 Å². The van der Waals surface area contributed by atoms with Crippen LogP contribution in [0.4, 0.5) is 10.5 Å². The minimum absolute atomic E-state index is 0.00131. The summed E-state index contributed by atoms with van der Waals surface area (Å²) >= 11 is 1.26. The van der Waals surface area contributed by atoms with Gasteiger partial charge in [-0.3, -0.25) is 9.79 Å². The molecular formula is C26H32N4O3S. The van der Waals surface area contributed by atoms with E-state index in [0.717, 1.165) is 41.3 Å². The summed E-state index contributed by atoms with van der Waals surface area (Å²) in [5, 5.41) is 4.24. The number of ether oxygens (including phenoxy) is 2. The first-order valence-corrected chi connectivity index (χ1v) is 12.4. The summed E-state index contributed by atoms with van der Waals surface area (Å²) in [7, 11) is 3.29. The van der Waals surface area contributed by atoms with Gasteiger partial charge in [0, 0.05) is 24.3 Å². The number of hydrazone groups is 1. The molecule has 0 fully saturated rings. The molecule has 0 aliphatic carbocycles. The molecule has 2 aromatic rings. The van der Waals surface area contributed by atoms with Crippen molar-refractivity contribution in [2.24, 2.45) is 10.1 Å². The van der Waals surface area contributed by atoms with Crippen molar-refractivity contribution in [3.8, 4) is 11.5 Å². The average Bonchev–Trinajstić information content (AvgIpc) is 2.82. The Hall–Kier alpha value is -3.00. The number of hydrogen-bond acceptors (Lipinski definition) is 6. The maximum Gasteiger partial charge on any atom is 0.299 e. The van der Waals surface area contributed by atoms with Gasteiger partial charge in [-0.05, 0) is 67.1 Å². The molecule has 2 aliphatic rings. The zero-order chi connectivity index (χ0) is 24.5. The smallest absolute Gasteiger partial charge is 0.299 e. The zero-order valence-electron chi connectivity index (χ0n) is 20.6. The molecule has 1 atom stereocenters. The summed E-state index contributed by atoms with van der Waals surface area (Å²) < 4.78 is 11.0. The van der Waals surface area contributed by atoms with E-state index in [1.807, 2.05) is 32.0 Å². The third-order valence-electron chi connectivity index (χ3n) is 6.41. The summed E-state index contributed by atoms with van der Waals surface area (Å²) in [6.45, 7) is 10.2. The second kappa shape index (κ2) is 9.70. The number of carbonyl (C=O) groups excluding carboxylic acids is 1. The lowest BCUT2D eigenvalue weighted by Crippen LogP contribution is -2.42. The summed E-state index contributed by atoms with van der Waals surface area (Å²) in [5.74, 6) is 2.29. The standard InChI is InChI=1S/C26H32N4O3S/c1-7-27-24(18-9-11-21(32-5)22(15-18)33-6)30-13-12-26(3,4)19-14-17(8-10-20(19)30)23-16(2)34-25(31)29-28-23/h8-11,14-16H,7,12-13H2,1-6H3,(H,29,31).